The maximum Gasteiger partial charge on any atom is 0.336 e. The van der Waals surface area contributed by atoms with Gasteiger partial charge in [0.25, 0.3) is 0 Å². The Labute approximate surface area is 166 Å². The minimum absolute atomic E-state index is 0.0432. The summed E-state index contributed by atoms with van der Waals surface area (Å²) in [6.45, 7) is 8.36. The third kappa shape index (κ3) is 4.83. The highest BCUT2D eigenvalue weighted by Crippen LogP contribution is 2.39. The fraction of sp³-hybridized carbons (Fsp3) is 0.455. The van der Waals surface area contributed by atoms with E-state index in [-0.39, 0.29) is 17.0 Å². The second-order valence-electron chi connectivity index (χ2n) is 6.34. The molecular weight excluding hydrogens is 358 g/mol. The summed E-state index contributed by atoms with van der Waals surface area (Å²) in [6.07, 6.45) is 2.14. The van der Waals surface area contributed by atoms with Gasteiger partial charge < -0.3 is 10.1 Å². The summed E-state index contributed by atoms with van der Waals surface area (Å²) in [5.74, 6) is 0.116. The quantitative estimate of drug-likeness (QED) is 0.641. The van der Waals surface area contributed by atoms with Crippen LogP contribution in [0.25, 0.3) is 5.70 Å². The molecule has 0 bridgehead atoms. The molecule has 27 heavy (non-hydrogen) atoms. The molecule has 1 aromatic carbocycles. The zero-order valence-electron chi connectivity index (χ0n) is 16.6. The molecule has 1 heterocycles. The Morgan fingerprint density at radius 1 is 1.07 bits per heavy atom. The number of allylic oxidation sites excluding steroid dienone is 1. The Kier molecular flexibility index (Phi) is 8.17. The fourth-order valence-corrected chi connectivity index (χ4v) is 4.01. The van der Waals surface area contributed by atoms with Crippen LogP contribution in [0.4, 0.5) is 0 Å². The third-order valence-corrected chi connectivity index (χ3v) is 5.31. The summed E-state index contributed by atoms with van der Waals surface area (Å²) >= 11 is 1.29. The fourth-order valence-electron chi connectivity index (χ4n) is 3.33. The Balaban J connectivity index is 2.60. The summed E-state index contributed by atoms with van der Waals surface area (Å²) in [7, 11) is 0. The zero-order valence-corrected chi connectivity index (χ0v) is 17.4. The monoisotopic (exact) mass is 387 g/mol. The summed E-state index contributed by atoms with van der Waals surface area (Å²) in [4.78, 5) is 25.8. The number of rotatable bonds is 8. The van der Waals surface area contributed by atoms with Gasteiger partial charge in [0.1, 0.15) is 0 Å². The molecule has 1 unspecified atom stereocenters. The second-order valence-corrected chi connectivity index (χ2v) is 7.58. The topological polar surface area (TPSA) is 55.4 Å². The van der Waals surface area contributed by atoms with Crippen molar-refractivity contribution in [1.29, 1.82) is 0 Å². The van der Waals surface area contributed by atoms with E-state index in [0.29, 0.717) is 30.8 Å². The van der Waals surface area contributed by atoms with Gasteiger partial charge in [0.2, 0.25) is 5.12 Å². The molecule has 0 saturated carbocycles. The highest BCUT2D eigenvalue weighted by atomic mass is 32.2. The normalized spacial score (nSPS) is 17.0. The van der Waals surface area contributed by atoms with Gasteiger partial charge in [-0.3, -0.25) is 4.79 Å². The minimum atomic E-state index is -0.336. The molecule has 0 aliphatic carbocycles. The number of benzene rings is 1. The van der Waals surface area contributed by atoms with Gasteiger partial charge in [0.05, 0.1) is 17.9 Å². The Morgan fingerprint density at radius 3 is 2.33 bits per heavy atom. The summed E-state index contributed by atoms with van der Waals surface area (Å²) in [5, 5.41) is 3.45. The van der Waals surface area contributed by atoms with E-state index < -0.39 is 0 Å². The number of ether oxygens (including phenoxy) is 1. The first-order valence-corrected chi connectivity index (χ1v) is 10.7. The van der Waals surface area contributed by atoms with Crippen molar-refractivity contribution in [2.75, 3.05) is 12.4 Å². The first-order chi connectivity index (χ1) is 13.1. The van der Waals surface area contributed by atoms with Crippen molar-refractivity contribution in [1.82, 2.24) is 5.32 Å². The Morgan fingerprint density at radius 2 is 1.78 bits per heavy atom. The van der Waals surface area contributed by atoms with E-state index >= 15 is 0 Å². The Hall–Kier alpha value is -2.01. The zero-order chi connectivity index (χ0) is 19.8. The SMILES string of the molecule is CCCOC(=O)C1=C(c2ccccc2)NC(CC)=C(C(=O)SCC)C1CC. The van der Waals surface area contributed by atoms with Gasteiger partial charge in [-0.2, -0.15) is 0 Å². The number of thioether (sulfide) groups is 1. The molecule has 5 heteroatoms. The van der Waals surface area contributed by atoms with Crippen LogP contribution in [0.3, 0.4) is 0 Å². The van der Waals surface area contributed by atoms with Crippen LogP contribution >= 0.6 is 11.8 Å². The minimum Gasteiger partial charge on any atom is -0.462 e. The van der Waals surface area contributed by atoms with E-state index in [9.17, 15) is 9.59 Å². The van der Waals surface area contributed by atoms with Gasteiger partial charge in [-0.1, -0.05) is 69.8 Å². The van der Waals surface area contributed by atoms with Gasteiger partial charge in [-0.15, -0.1) is 0 Å². The van der Waals surface area contributed by atoms with Crippen LogP contribution in [0, 0.1) is 5.92 Å². The number of carbonyl (C=O) groups is 2. The molecule has 1 aliphatic heterocycles. The average molecular weight is 388 g/mol. The van der Waals surface area contributed by atoms with E-state index in [4.69, 9.17) is 4.74 Å². The highest BCUT2D eigenvalue weighted by Gasteiger charge is 2.36. The van der Waals surface area contributed by atoms with Crippen molar-refractivity contribution >= 4 is 28.5 Å². The summed E-state index contributed by atoms with van der Waals surface area (Å²) in [5.41, 5.74) is 3.88. The van der Waals surface area contributed by atoms with Gasteiger partial charge in [-0.25, -0.2) is 4.79 Å². The molecule has 0 radical (unpaired) electrons. The molecule has 4 nitrogen and oxygen atoms in total. The maximum absolute atomic E-state index is 13.0. The van der Waals surface area contributed by atoms with Crippen LogP contribution in [-0.2, 0) is 14.3 Å². The molecule has 1 aliphatic rings. The molecule has 146 valence electrons. The predicted octanol–water partition coefficient (Wildman–Crippen LogP) is 4.92. The molecule has 1 aromatic rings. The van der Waals surface area contributed by atoms with E-state index in [2.05, 4.69) is 5.32 Å². The average Bonchev–Trinajstić information content (AvgIpc) is 2.70. The molecule has 0 fully saturated rings. The van der Waals surface area contributed by atoms with Crippen molar-refractivity contribution < 1.29 is 14.3 Å². The number of nitrogens with one attached hydrogen (secondary N) is 1. The molecule has 0 spiro atoms. The smallest absolute Gasteiger partial charge is 0.336 e. The largest absolute Gasteiger partial charge is 0.462 e. The molecule has 2 rings (SSSR count). The molecular formula is C22H29NO3S. The molecule has 0 aromatic heterocycles. The van der Waals surface area contributed by atoms with Crippen LogP contribution in [0.2, 0.25) is 0 Å². The predicted molar refractivity (Wildman–Crippen MR) is 112 cm³/mol. The van der Waals surface area contributed by atoms with E-state index in [1.54, 1.807) is 0 Å². The molecule has 0 amide bonds. The van der Waals surface area contributed by atoms with Gasteiger partial charge in [-0.05, 0) is 30.6 Å². The number of dihydropyridines is 1. The number of hydrogen-bond acceptors (Lipinski definition) is 5. The van der Waals surface area contributed by atoms with Gasteiger partial charge in [0.15, 0.2) is 0 Å². The van der Waals surface area contributed by atoms with Crippen molar-refractivity contribution in [2.45, 2.75) is 47.0 Å². The lowest BCUT2D eigenvalue weighted by molar-refractivity contribution is -0.139. The van der Waals surface area contributed by atoms with Crippen LogP contribution in [0.15, 0.2) is 47.2 Å². The second kappa shape index (κ2) is 10.4. The van der Waals surface area contributed by atoms with Crippen LogP contribution in [0.5, 0.6) is 0 Å². The van der Waals surface area contributed by atoms with Gasteiger partial charge >= 0.3 is 5.97 Å². The van der Waals surface area contributed by atoms with E-state index in [1.807, 2.05) is 58.0 Å². The van der Waals surface area contributed by atoms with Crippen LogP contribution in [0.1, 0.15) is 52.5 Å². The van der Waals surface area contributed by atoms with Crippen molar-refractivity contribution in [3.8, 4) is 0 Å². The number of esters is 1. The third-order valence-electron chi connectivity index (χ3n) is 4.54. The van der Waals surface area contributed by atoms with Crippen molar-refractivity contribution in [2.24, 2.45) is 5.92 Å². The molecule has 1 atom stereocenters. The van der Waals surface area contributed by atoms with Crippen LogP contribution in [-0.4, -0.2) is 23.4 Å². The van der Waals surface area contributed by atoms with E-state index in [1.165, 1.54) is 11.8 Å². The van der Waals surface area contributed by atoms with Crippen LogP contribution < -0.4 is 5.32 Å². The first kappa shape index (κ1) is 21.3. The summed E-state index contributed by atoms with van der Waals surface area (Å²) in [6, 6.07) is 9.79. The van der Waals surface area contributed by atoms with Crippen molar-refractivity contribution in [3.05, 3.63) is 52.7 Å². The lowest BCUT2D eigenvalue weighted by Crippen LogP contribution is -2.33. The lowest BCUT2D eigenvalue weighted by Gasteiger charge is -2.32. The van der Waals surface area contributed by atoms with Gasteiger partial charge in [0, 0.05) is 17.2 Å². The van der Waals surface area contributed by atoms with E-state index in [0.717, 1.165) is 29.0 Å². The highest BCUT2D eigenvalue weighted by molar-refractivity contribution is 8.14. The van der Waals surface area contributed by atoms with Crippen molar-refractivity contribution in [3.63, 3.8) is 0 Å². The standard InChI is InChI=1S/C22H29NO3S/c1-5-14-26-21(24)19-16(6-2)18(22(25)27-8-4)17(7-3)23-20(19)15-12-10-9-11-13-15/h9-13,16,23H,5-8,14H2,1-4H3. The maximum atomic E-state index is 13.0. The molecule has 0 saturated heterocycles. The summed E-state index contributed by atoms with van der Waals surface area (Å²) < 4.78 is 5.49. The first-order valence-electron chi connectivity index (χ1n) is 9.72. The molecule has 1 N–H and O–H groups in total. The Bertz CT molecular complexity index is 737. The number of carbonyl (C=O) groups excluding carboxylic acids is 2. The number of hydrogen-bond donors (Lipinski definition) is 1. The lowest BCUT2D eigenvalue weighted by atomic mass is 9.82.